The van der Waals surface area contributed by atoms with Crippen molar-refractivity contribution in [2.45, 2.75) is 25.7 Å². The van der Waals surface area contributed by atoms with Gasteiger partial charge in [-0.15, -0.1) is 0 Å². The highest BCUT2D eigenvalue weighted by Gasteiger charge is 2.18. The fraction of sp³-hybridized carbons (Fsp3) is 0.500. The van der Waals surface area contributed by atoms with Crippen molar-refractivity contribution in [2.24, 2.45) is 0 Å². The fourth-order valence-electron chi connectivity index (χ4n) is 2.22. The third kappa shape index (κ3) is 2.49. The van der Waals surface area contributed by atoms with Gasteiger partial charge in [-0.05, 0) is 18.0 Å². The highest BCUT2D eigenvalue weighted by molar-refractivity contribution is 5.62. The minimum atomic E-state index is 0.300. The molecule has 19 heavy (non-hydrogen) atoms. The average molecular weight is 260 g/mol. The van der Waals surface area contributed by atoms with E-state index in [1.807, 2.05) is 0 Å². The van der Waals surface area contributed by atoms with Crippen LogP contribution in [0.3, 0.4) is 0 Å². The molecule has 0 atom stereocenters. The maximum Gasteiger partial charge on any atom is 0.281 e. The van der Waals surface area contributed by atoms with E-state index in [-0.39, 0.29) is 0 Å². The Balaban J connectivity index is 1.85. The van der Waals surface area contributed by atoms with Crippen molar-refractivity contribution in [1.29, 1.82) is 0 Å². The van der Waals surface area contributed by atoms with Crippen molar-refractivity contribution in [3.05, 3.63) is 12.4 Å². The lowest BCUT2D eigenvalue weighted by Crippen LogP contribution is -2.24. The molecule has 2 aromatic rings. The van der Waals surface area contributed by atoms with Crippen LogP contribution in [0.15, 0.2) is 16.9 Å². The molecule has 1 fully saturated rings. The lowest BCUT2D eigenvalue weighted by Gasteiger charge is -2.16. The van der Waals surface area contributed by atoms with Gasteiger partial charge in [0.05, 0.1) is 0 Å². The van der Waals surface area contributed by atoms with Gasteiger partial charge in [0, 0.05) is 25.5 Å². The highest BCUT2D eigenvalue weighted by atomic mass is 16.5. The van der Waals surface area contributed by atoms with Crippen LogP contribution >= 0.6 is 0 Å². The molecule has 0 unspecified atom stereocenters. The third-order valence-electron chi connectivity index (χ3n) is 3.23. The van der Waals surface area contributed by atoms with Crippen LogP contribution < -0.4 is 10.6 Å². The van der Waals surface area contributed by atoms with Crippen LogP contribution in [-0.4, -0.2) is 33.2 Å². The highest BCUT2D eigenvalue weighted by Crippen LogP contribution is 2.23. The quantitative estimate of drug-likeness (QED) is 0.874. The molecule has 0 amide bonds. The third-order valence-corrected chi connectivity index (χ3v) is 3.23. The SMILES string of the molecule is Nc1nccnc1-c1nc(N2CCCCCC2)no1. The van der Waals surface area contributed by atoms with E-state index in [0.29, 0.717) is 23.4 Å². The number of nitrogens with zero attached hydrogens (tertiary/aromatic N) is 5. The molecule has 1 aliphatic rings. The fourth-order valence-corrected chi connectivity index (χ4v) is 2.22. The summed E-state index contributed by atoms with van der Waals surface area (Å²) in [5.74, 6) is 1.24. The topological polar surface area (TPSA) is 94.0 Å². The van der Waals surface area contributed by atoms with Gasteiger partial charge in [-0.25, -0.2) is 9.97 Å². The lowest BCUT2D eigenvalue weighted by molar-refractivity contribution is 0.428. The molecular formula is C12H16N6O. The van der Waals surface area contributed by atoms with E-state index in [2.05, 4.69) is 25.0 Å². The summed E-state index contributed by atoms with van der Waals surface area (Å²) in [5.41, 5.74) is 6.19. The summed E-state index contributed by atoms with van der Waals surface area (Å²) in [7, 11) is 0. The Morgan fingerprint density at radius 3 is 2.53 bits per heavy atom. The minimum absolute atomic E-state index is 0.300. The van der Waals surface area contributed by atoms with Crippen LogP contribution in [0.4, 0.5) is 11.8 Å². The molecule has 1 saturated heterocycles. The molecule has 0 spiro atoms. The first kappa shape index (κ1) is 11.9. The summed E-state index contributed by atoms with van der Waals surface area (Å²) in [4.78, 5) is 14.6. The summed E-state index contributed by atoms with van der Waals surface area (Å²) in [6.45, 7) is 1.93. The predicted octanol–water partition coefficient (Wildman–Crippen LogP) is 1.49. The van der Waals surface area contributed by atoms with Crippen LogP contribution in [0.25, 0.3) is 11.6 Å². The number of rotatable bonds is 2. The van der Waals surface area contributed by atoms with Crippen LogP contribution in [0.5, 0.6) is 0 Å². The number of hydrogen-bond acceptors (Lipinski definition) is 7. The maximum absolute atomic E-state index is 5.75. The van der Waals surface area contributed by atoms with Crippen molar-refractivity contribution in [3.8, 4) is 11.6 Å². The average Bonchev–Trinajstić information content (AvgIpc) is 2.75. The number of hydrogen-bond donors (Lipinski definition) is 1. The standard InChI is InChI=1S/C12H16N6O/c13-10-9(14-5-6-15-10)11-16-12(17-19-11)18-7-3-1-2-4-8-18/h5-6H,1-4,7-8H2,(H2,13,15). The van der Waals surface area contributed by atoms with E-state index < -0.39 is 0 Å². The van der Waals surface area contributed by atoms with Gasteiger partial charge in [-0.1, -0.05) is 12.8 Å². The number of aromatic nitrogens is 4. The summed E-state index contributed by atoms with van der Waals surface area (Å²) in [6.07, 6.45) is 7.94. The minimum Gasteiger partial charge on any atom is -0.382 e. The zero-order valence-corrected chi connectivity index (χ0v) is 10.6. The zero-order valence-electron chi connectivity index (χ0n) is 10.6. The molecule has 1 aliphatic heterocycles. The molecule has 100 valence electrons. The van der Waals surface area contributed by atoms with E-state index in [4.69, 9.17) is 10.3 Å². The van der Waals surface area contributed by atoms with E-state index >= 15 is 0 Å². The molecule has 0 aliphatic carbocycles. The van der Waals surface area contributed by atoms with Gasteiger partial charge in [0.1, 0.15) is 0 Å². The maximum atomic E-state index is 5.75. The van der Waals surface area contributed by atoms with E-state index in [1.54, 1.807) is 6.20 Å². The van der Waals surface area contributed by atoms with E-state index in [0.717, 1.165) is 25.9 Å². The van der Waals surface area contributed by atoms with Gasteiger partial charge >= 0.3 is 0 Å². The monoisotopic (exact) mass is 260 g/mol. The van der Waals surface area contributed by atoms with Crippen molar-refractivity contribution in [1.82, 2.24) is 20.1 Å². The second-order valence-corrected chi connectivity index (χ2v) is 4.59. The molecule has 3 heterocycles. The van der Waals surface area contributed by atoms with E-state index in [1.165, 1.54) is 19.0 Å². The Morgan fingerprint density at radius 2 is 1.79 bits per heavy atom. The molecule has 0 radical (unpaired) electrons. The van der Waals surface area contributed by atoms with Gasteiger partial charge in [0.2, 0.25) is 0 Å². The largest absolute Gasteiger partial charge is 0.382 e. The van der Waals surface area contributed by atoms with Gasteiger partial charge < -0.3 is 15.2 Å². The molecule has 0 saturated carbocycles. The van der Waals surface area contributed by atoms with Crippen molar-refractivity contribution in [2.75, 3.05) is 23.7 Å². The lowest BCUT2D eigenvalue weighted by atomic mass is 10.2. The zero-order chi connectivity index (χ0) is 13.1. The van der Waals surface area contributed by atoms with Crippen molar-refractivity contribution < 1.29 is 4.52 Å². The number of nitrogen functional groups attached to an aromatic ring is 1. The summed E-state index contributed by atoms with van der Waals surface area (Å²) in [5, 5.41) is 4.02. The molecular weight excluding hydrogens is 244 g/mol. The second-order valence-electron chi connectivity index (χ2n) is 4.59. The summed E-state index contributed by atoms with van der Waals surface area (Å²) in [6, 6.07) is 0. The Hall–Kier alpha value is -2.18. The van der Waals surface area contributed by atoms with Gasteiger partial charge in [-0.2, -0.15) is 4.98 Å². The Kier molecular flexibility index (Phi) is 3.26. The van der Waals surface area contributed by atoms with Crippen LogP contribution in [0.1, 0.15) is 25.7 Å². The van der Waals surface area contributed by atoms with Crippen LogP contribution in [0, 0.1) is 0 Å². The van der Waals surface area contributed by atoms with Crippen LogP contribution in [0.2, 0.25) is 0 Å². The predicted molar refractivity (Wildman–Crippen MR) is 70.4 cm³/mol. The smallest absolute Gasteiger partial charge is 0.281 e. The molecule has 2 aromatic heterocycles. The Morgan fingerprint density at radius 1 is 1.05 bits per heavy atom. The normalized spacial score (nSPS) is 16.3. The number of nitrogens with two attached hydrogens (primary N) is 1. The van der Waals surface area contributed by atoms with Gasteiger partial charge in [-0.3, -0.25) is 0 Å². The first-order valence-electron chi connectivity index (χ1n) is 6.50. The van der Waals surface area contributed by atoms with Crippen molar-refractivity contribution in [3.63, 3.8) is 0 Å². The molecule has 7 heteroatoms. The first-order chi connectivity index (χ1) is 9.34. The Labute approximate surface area is 110 Å². The molecule has 0 aromatic carbocycles. The molecule has 7 nitrogen and oxygen atoms in total. The second kappa shape index (κ2) is 5.21. The van der Waals surface area contributed by atoms with Gasteiger partial charge in [0.25, 0.3) is 11.8 Å². The van der Waals surface area contributed by atoms with Gasteiger partial charge in [0.15, 0.2) is 11.5 Å². The molecule has 0 bridgehead atoms. The van der Waals surface area contributed by atoms with E-state index in [9.17, 15) is 0 Å². The summed E-state index contributed by atoms with van der Waals surface area (Å²) >= 11 is 0. The Bertz CT molecular complexity index is 547. The van der Waals surface area contributed by atoms with Crippen LogP contribution in [-0.2, 0) is 0 Å². The van der Waals surface area contributed by atoms with Crippen molar-refractivity contribution >= 4 is 11.8 Å². The number of anilines is 2. The summed E-state index contributed by atoms with van der Waals surface area (Å²) < 4.78 is 5.24. The molecule has 3 rings (SSSR count). The first-order valence-corrected chi connectivity index (χ1v) is 6.50. The molecule has 2 N–H and O–H groups in total.